The molecule has 0 bridgehead atoms. The normalized spacial score (nSPS) is 30.6. The van der Waals surface area contributed by atoms with Gasteiger partial charge in [0.1, 0.15) is 0 Å². The molecule has 3 heteroatoms. The van der Waals surface area contributed by atoms with E-state index in [9.17, 15) is 5.11 Å². The number of nitrogens with one attached hydrogen (secondary N) is 1. The molecule has 1 saturated heterocycles. The van der Waals surface area contributed by atoms with E-state index in [2.05, 4.69) is 41.4 Å². The van der Waals surface area contributed by atoms with Gasteiger partial charge in [-0.1, -0.05) is 25.1 Å². The average Bonchev–Trinajstić information content (AvgIpc) is 3.04. The van der Waals surface area contributed by atoms with Crippen LogP contribution >= 0.6 is 0 Å². The molecule has 0 amide bonds. The van der Waals surface area contributed by atoms with Gasteiger partial charge in [-0.2, -0.15) is 0 Å². The van der Waals surface area contributed by atoms with Crippen LogP contribution in [0.3, 0.4) is 0 Å². The minimum atomic E-state index is -0.0802. The lowest BCUT2D eigenvalue weighted by atomic mass is 10.00. The van der Waals surface area contributed by atoms with Crippen LogP contribution < -0.4 is 10.2 Å². The Hall–Kier alpha value is -1.06. The van der Waals surface area contributed by atoms with Gasteiger partial charge in [-0.3, -0.25) is 0 Å². The van der Waals surface area contributed by atoms with Crippen LogP contribution in [0.2, 0.25) is 0 Å². The molecule has 20 heavy (non-hydrogen) atoms. The van der Waals surface area contributed by atoms with Crippen LogP contribution in [-0.2, 0) is 0 Å². The summed E-state index contributed by atoms with van der Waals surface area (Å²) in [7, 11) is 2.04. The number of hydrogen-bond acceptors (Lipinski definition) is 3. The SMILES string of the molecule is CCC(NC)c1ccccc1N1CC2CCC(O)C2C1. The predicted octanol–water partition coefficient (Wildman–Crippen LogP) is 2.56. The molecule has 0 aromatic heterocycles. The van der Waals surface area contributed by atoms with E-state index in [1.165, 1.54) is 17.7 Å². The van der Waals surface area contributed by atoms with Crippen LogP contribution in [-0.4, -0.2) is 31.3 Å². The number of aliphatic hydroxyl groups excluding tert-OH is 1. The molecule has 4 unspecified atom stereocenters. The van der Waals surface area contributed by atoms with E-state index in [1.807, 2.05) is 7.05 Å². The van der Waals surface area contributed by atoms with Crippen molar-refractivity contribution in [3.8, 4) is 0 Å². The monoisotopic (exact) mass is 274 g/mol. The van der Waals surface area contributed by atoms with E-state index in [0.717, 1.165) is 25.9 Å². The van der Waals surface area contributed by atoms with E-state index in [1.54, 1.807) is 0 Å². The summed E-state index contributed by atoms with van der Waals surface area (Å²) < 4.78 is 0. The first-order valence-corrected chi connectivity index (χ1v) is 7.93. The van der Waals surface area contributed by atoms with Crippen LogP contribution in [0, 0.1) is 11.8 Å². The molecule has 0 radical (unpaired) electrons. The molecule has 3 rings (SSSR count). The van der Waals surface area contributed by atoms with Gasteiger partial charge in [-0.25, -0.2) is 0 Å². The molecule has 2 N–H and O–H groups in total. The number of aliphatic hydroxyl groups is 1. The van der Waals surface area contributed by atoms with Gasteiger partial charge in [-0.15, -0.1) is 0 Å². The van der Waals surface area contributed by atoms with Crippen molar-refractivity contribution in [1.29, 1.82) is 0 Å². The molecular formula is C17H26N2O. The number of benzene rings is 1. The number of nitrogens with zero attached hydrogens (tertiary/aromatic N) is 1. The number of para-hydroxylation sites is 1. The first-order chi connectivity index (χ1) is 9.74. The Kier molecular flexibility index (Phi) is 3.99. The second kappa shape index (κ2) is 5.74. The lowest BCUT2D eigenvalue weighted by Gasteiger charge is -2.27. The molecule has 2 aliphatic rings. The summed E-state index contributed by atoms with van der Waals surface area (Å²) in [5.41, 5.74) is 2.75. The van der Waals surface area contributed by atoms with E-state index >= 15 is 0 Å². The summed E-state index contributed by atoms with van der Waals surface area (Å²) >= 11 is 0. The highest BCUT2D eigenvalue weighted by atomic mass is 16.3. The number of fused-ring (bicyclic) bond motifs is 1. The summed E-state index contributed by atoms with van der Waals surface area (Å²) in [6, 6.07) is 9.15. The van der Waals surface area contributed by atoms with E-state index < -0.39 is 0 Å². The van der Waals surface area contributed by atoms with Gasteiger partial charge in [-0.05, 0) is 43.9 Å². The van der Waals surface area contributed by atoms with Gasteiger partial charge >= 0.3 is 0 Å². The molecule has 3 nitrogen and oxygen atoms in total. The zero-order chi connectivity index (χ0) is 14.1. The molecule has 110 valence electrons. The maximum Gasteiger partial charge on any atom is 0.0588 e. The fourth-order valence-electron chi connectivity index (χ4n) is 4.08. The Bertz CT molecular complexity index is 458. The minimum Gasteiger partial charge on any atom is -0.393 e. The maximum atomic E-state index is 10.1. The number of anilines is 1. The smallest absolute Gasteiger partial charge is 0.0588 e. The van der Waals surface area contributed by atoms with E-state index in [0.29, 0.717) is 17.9 Å². The lowest BCUT2D eigenvalue weighted by Crippen LogP contribution is -2.27. The highest BCUT2D eigenvalue weighted by molar-refractivity contribution is 5.56. The van der Waals surface area contributed by atoms with Crippen LogP contribution in [0.1, 0.15) is 37.8 Å². The van der Waals surface area contributed by atoms with Crippen molar-refractivity contribution in [1.82, 2.24) is 5.32 Å². The Morgan fingerprint density at radius 3 is 2.80 bits per heavy atom. The molecule has 1 aliphatic heterocycles. The summed E-state index contributed by atoms with van der Waals surface area (Å²) in [6.45, 7) is 4.35. The molecule has 4 atom stereocenters. The van der Waals surface area contributed by atoms with Crippen LogP contribution in [0.15, 0.2) is 24.3 Å². The topological polar surface area (TPSA) is 35.5 Å². The molecule has 1 saturated carbocycles. The van der Waals surface area contributed by atoms with Gasteiger partial charge < -0.3 is 15.3 Å². The summed E-state index contributed by atoms with van der Waals surface area (Å²) in [4.78, 5) is 2.49. The molecule has 0 spiro atoms. The lowest BCUT2D eigenvalue weighted by molar-refractivity contribution is 0.133. The predicted molar refractivity (Wildman–Crippen MR) is 83.0 cm³/mol. The maximum absolute atomic E-state index is 10.1. The Morgan fingerprint density at radius 1 is 1.30 bits per heavy atom. The molecule has 2 fully saturated rings. The average molecular weight is 274 g/mol. The van der Waals surface area contributed by atoms with Crippen molar-refractivity contribution in [2.75, 3.05) is 25.0 Å². The highest BCUT2D eigenvalue weighted by Crippen LogP contribution is 2.41. The van der Waals surface area contributed by atoms with Crippen LogP contribution in [0.25, 0.3) is 0 Å². The van der Waals surface area contributed by atoms with Gasteiger partial charge in [0, 0.05) is 30.7 Å². The second-order valence-electron chi connectivity index (χ2n) is 6.28. The van der Waals surface area contributed by atoms with Crippen LogP contribution in [0.4, 0.5) is 5.69 Å². The zero-order valence-corrected chi connectivity index (χ0v) is 12.5. The van der Waals surface area contributed by atoms with Crippen molar-refractivity contribution >= 4 is 5.69 Å². The van der Waals surface area contributed by atoms with Crippen molar-refractivity contribution in [2.24, 2.45) is 11.8 Å². The largest absolute Gasteiger partial charge is 0.393 e. The fourth-order valence-corrected chi connectivity index (χ4v) is 4.08. The van der Waals surface area contributed by atoms with E-state index in [-0.39, 0.29) is 6.10 Å². The fraction of sp³-hybridized carbons (Fsp3) is 0.647. The highest BCUT2D eigenvalue weighted by Gasteiger charge is 2.42. The van der Waals surface area contributed by atoms with Gasteiger partial charge in [0.05, 0.1) is 6.10 Å². The Labute approximate surface area is 122 Å². The van der Waals surface area contributed by atoms with Crippen molar-refractivity contribution in [3.05, 3.63) is 29.8 Å². The number of hydrogen-bond donors (Lipinski definition) is 2. The molecule has 1 aliphatic carbocycles. The zero-order valence-electron chi connectivity index (χ0n) is 12.5. The van der Waals surface area contributed by atoms with Gasteiger partial charge in [0.2, 0.25) is 0 Å². The van der Waals surface area contributed by atoms with Gasteiger partial charge in [0.25, 0.3) is 0 Å². The standard InChI is InChI=1S/C17H26N2O/c1-3-15(18-2)13-6-4-5-7-16(13)19-10-12-8-9-17(20)14(12)11-19/h4-7,12,14-15,17-18,20H,3,8-11H2,1-2H3. The first kappa shape index (κ1) is 13.9. The third kappa shape index (κ3) is 2.33. The van der Waals surface area contributed by atoms with Gasteiger partial charge in [0.15, 0.2) is 0 Å². The third-order valence-corrected chi connectivity index (χ3v) is 5.23. The van der Waals surface area contributed by atoms with E-state index in [4.69, 9.17) is 0 Å². The minimum absolute atomic E-state index is 0.0802. The number of rotatable bonds is 4. The van der Waals surface area contributed by atoms with Crippen molar-refractivity contribution < 1.29 is 5.11 Å². The third-order valence-electron chi connectivity index (χ3n) is 5.23. The van der Waals surface area contributed by atoms with Crippen molar-refractivity contribution in [3.63, 3.8) is 0 Å². The summed E-state index contributed by atoms with van der Waals surface area (Å²) in [6.07, 6.45) is 3.20. The summed E-state index contributed by atoms with van der Waals surface area (Å²) in [5, 5.41) is 13.5. The molecular weight excluding hydrogens is 248 g/mol. The van der Waals surface area contributed by atoms with Crippen LogP contribution in [0.5, 0.6) is 0 Å². The quantitative estimate of drug-likeness (QED) is 0.886. The summed E-state index contributed by atoms with van der Waals surface area (Å²) in [5.74, 6) is 1.17. The van der Waals surface area contributed by atoms with Crippen molar-refractivity contribution in [2.45, 2.75) is 38.3 Å². The second-order valence-corrected chi connectivity index (χ2v) is 6.28. The molecule has 1 aromatic rings. The first-order valence-electron chi connectivity index (χ1n) is 7.93. The Balaban J connectivity index is 1.84. The molecule has 1 aromatic carbocycles. The molecule has 1 heterocycles. The Morgan fingerprint density at radius 2 is 2.10 bits per heavy atom.